The molecule has 2 bridgehead atoms. The largest absolute Gasteiger partial charge is 0.416 e. The van der Waals surface area contributed by atoms with E-state index in [-0.39, 0.29) is 23.9 Å². The van der Waals surface area contributed by atoms with Gasteiger partial charge in [-0.2, -0.15) is 13.2 Å². The molecule has 5 nitrogen and oxygen atoms in total. The van der Waals surface area contributed by atoms with E-state index in [0.717, 1.165) is 47.6 Å². The number of urea groups is 1. The number of anilines is 3. The number of hydrogen-bond donors (Lipinski definition) is 1. The third-order valence-corrected chi connectivity index (χ3v) is 7.26. The van der Waals surface area contributed by atoms with Gasteiger partial charge in [0, 0.05) is 24.3 Å². The van der Waals surface area contributed by atoms with Crippen LogP contribution < -0.4 is 15.1 Å². The number of pyridine rings is 1. The molecule has 2 amide bonds. The Bertz CT molecular complexity index is 1310. The quantitative estimate of drug-likeness (QED) is 0.394. The van der Waals surface area contributed by atoms with Gasteiger partial charge < -0.3 is 10.2 Å². The molecule has 2 aromatic carbocycles. The van der Waals surface area contributed by atoms with Crippen LogP contribution in [-0.2, 0) is 6.18 Å². The van der Waals surface area contributed by atoms with Crippen molar-refractivity contribution >= 4 is 23.2 Å². The molecule has 1 atom stereocenters. The smallest absolute Gasteiger partial charge is 0.366 e. The predicted octanol–water partition coefficient (Wildman–Crippen LogP) is 7.65. The Kier molecular flexibility index (Phi) is 6.38. The fraction of sp³-hybridized carbons (Fsp3) is 0.379. The standard InChI is InChI=1S/C29H31F3N4O/c1-17(2)22-9-6-10-23(18(3)4)26(22)34-28(37)36-21-13-14-35(16-21)25-12-11-24(33-27(25)36)19-7-5-8-20(15-19)29(30,31)32/h5-12,15,17-18,21H,13-14,16H2,1-4H3,(H,34,37)/t21-/m0/s1. The van der Waals surface area contributed by atoms with Crippen LogP contribution in [0.4, 0.5) is 35.2 Å². The summed E-state index contributed by atoms with van der Waals surface area (Å²) >= 11 is 0. The number of alkyl halides is 3. The minimum atomic E-state index is -4.45. The van der Waals surface area contributed by atoms with Crippen molar-refractivity contribution in [1.29, 1.82) is 0 Å². The van der Waals surface area contributed by atoms with Crippen LogP contribution in [0.2, 0.25) is 0 Å². The number of hydrogen-bond acceptors (Lipinski definition) is 3. The highest BCUT2D eigenvalue weighted by Crippen LogP contribution is 2.42. The lowest BCUT2D eigenvalue weighted by Gasteiger charge is -2.36. The van der Waals surface area contributed by atoms with Gasteiger partial charge in [-0.25, -0.2) is 9.78 Å². The summed E-state index contributed by atoms with van der Waals surface area (Å²) in [5.74, 6) is 0.916. The van der Waals surface area contributed by atoms with Crippen molar-refractivity contribution in [1.82, 2.24) is 4.98 Å². The van der Waals surface area contributed by atoms with E-state index in [1.54, 1.807) is 17.0 Å². The summed E-state index contributed by atoms with van der Waals surface area (Å²) in [6, 6.07) is 14.5. The lowest BCUT2D eigenvalue weighted by molar-refractivity contribution is -0.137. The van der Waals surface area contributed by atoms with Crippen molar-refractivity contribution in [3.63, 3.8) is 0 Å². The van der Waals surface area contributed by atoms with Crippen molar-refractivity contribution in [2.24, 2.45) is 0 Å². The number of nitrogens with one attached hydrogen (secondary N) is 1. The third-order valence-electron chi connectivity index (χ3n) is 7.26. The Hall–Kier alpha value is -3.55. The zero-order valence-electron chi connectivity index (χ0n) is 21.4. The van der Waals surface area contributed by atoms with Crippen LogP contribution in [0.1, 0.15) is 62.6 Å². The lowest BCUT2D eigenvalue weighted by Crippen LogP contribution is -2.48. The van der Waals surface area contributed by atoms with Gasteiger partial charge in [0.25, 0.3) is 0 Å². The Labute approximate surface area is 215 Å². The van der Waals surface area contributed by atoms with Crippen molar-refractivity contribution in [3.05, 3.63) is 71.3 Å². The lowest BCUT2D eigenvalue weighted by atomic mass is 9.92. The molecule has 0 unspecified atom stereocenters. The third kappa shape index (κ3) is 4.65. The fourth-order valence-corrected chi connectivity index (χ4v) is 5.35. The molecule has 1 saturated heterocycles. The maximum Gasteiger partial charge on any atom is 0.416 e. The number of fused-ring (bicyclic) bond motifs is 4. The molecule has 3 heterocycles. The van der Waals surface area contributed by atoms with Crippen molar-refractivity contribution in [3.8, 4) is 11.3 Å². The molecule has 5 rings (SSSR count). The van der Waals surface area contributed by atoms with E-state index in [1.165, 1.54) is 6.07 Å². The Morgan fingerprint density at radius 1 is 1.00 bits per heavy atom. The molecular weight excluding hydrogens is 477 g/mol. The number of halogens is 3. The molecule has 1 N–H and O–H groups in total. The van der Waals surface area contributed by atoms with Crippen LogP contribution >= 0.6 is 0 Å². The van der Waals surface area contributed by atoms with Gasteiger partial charge in [-0.3, -0.25) is 4.90 Å². The maximum absolute atomic E-state index is 13.9. The average molecular weight is 509 g/mol. The van der Waals surface area contributed by atoms with Crippen LogP contribution in [0.15, 0.2) is 54.6 Å². The topological polar surface area (TPSA) is 48.5 Å². The van der Waals surface area contributed by atoms with Crippen LogP contribution in [0.25, 0.3) is 11.3 Å². The first-order valence-electron chi connectivity index (χ1n) is 12.7. The van der Waals surface area contributed by atoms with E-state index in [0.29, 0.717) is 23.6 Å². The first-order valence-corrected chi connectivity index (χ1v) is 12.7. The van der Waals surface area contributed by atoms with Gasteiger partial charge in [-0.1, -0.05) is 58.0 Å². The normalized spacial score (nSPS) is 16.9. The van der Waals surface area contributed by atoms with Crippen molar-refractivity contribution < 1.29 is 18.0 Å². The predicted molar refractivity (Wildman–Crippen MR) is 141 cm³/mol. The molecule has 0 aliphatic carbocycles. The first kappa shape index (κ1) is 25.1. The van der Waals surface area contributed by atoms with Crippen molar-refractivity contribution in [2.45, 2.75) is 58.2 Å². The highest BCUT2D eigenvalue weighted by Gasteiger charge is 2.41. The molecule has 1 aromatic heterocycles. The summed E-state index contributed by atoms with van der Waals surface area (Å²) in [4.78, 5) is 22.6. The van der Waals surface area contributed by atoms with Gasteiger partial charge >= 0.3 is 12.2 Å². The molecule has 0 radical (unpaired) electrons. The van der Waals surface area contributed by atoms with Gasteiger partial charge in [0.05, 0.1) is 23.0 Å². The van der Waals surface area contributed by atoms with E-state index in [9.17, 15) is 18.0 Å². The van der Waals surface area contributed by atoms with Crippen LogP contribution in [0.3, 0.4) is 0 Å². The number of amides is 2. The average Bonchev–Trinajstić information content (AvgIpc) is 3.27. The van der Waals surface area contributed by atoms with E-state index in [2.05, 4.69) is 37.9 Å². The molecule has 2 aliphatic rings. The van der Waals surface area contributed by atoms with Gasteiger partial charge in [0.15, 0.2) is 5.82 Å². The van der Waals surface area contributed by atoms with Crippen molar-refractivity contribution in [2.75, 3.05) is 28.2 Å². The van der Waals surface area contributed by atoms with Crippen LogP contribution in [0.5, 0.6) is 0 Å². The summed E-state index contributed by atoms with van der Waals surface area (Å²) in [6.07, 6.45) is -3.65. The summed E-state index contributed by atoms with van der Waals surface area (Å²) in [5.41, 5.74) is 3.81. The maximum atomic E-state index is 13.9. The van der Waals surface area contributed by atoms with Crippen LogP contribution in [0, 0.1) is 0 Å². The summed E-state index contributed by atoms with van der Waals surface area (Å²) < 4.78 is 40.0. The number of nitrogens with zero attached hydrogens (tertiary/aromatic N) is 3. The van der Waals surface area contributed by atoms with Gasteiger partial charge in [0.1, 0.15) is 0 Å². The SMILES string of the molecule is CC(C)c1cccc(C(C)C)c1NC(=O)N1c2nc(-c3cccc(C(F)(F)F)c3)ccc2N2CC[C@H]1C2. The molecule has 1 fully saturated rings. The molecule has 3 aromatic rings. The fourth-order valence-electron chi connectivity index (χ4n) is 5.35. The number of carbonyl (C=O) groups excluding carboxylic acids is 1. The number of rotatable bonds is 4. The number of benzene rings is 2. The Balaban J connectivity index is 1.55. The second-order valence-electron chi connectivity index (χ2n) is 10.4. The Morgan fingerprint density at radius 2 is 1.68 bits per heavy atom. The molecular formula is C29H31F3N4O. The zero-order chi connectivity index (χ0) is 26.5. The highest BCUT2D eigenvalue weighted by atomic mass is 19.4. The molecule has 8 heteroatoms. The van der Waals surface area contributed by atoms with E-state index < -0.39 is 11.7 Å². The molecule has 194 valence electrons. The van der Waals surface area contributed by atoms with Gasteiger partial charge in [-0.05, 0) is 53.6 Å². The van der Waals surface area contributed by atoms with Gasteiger partial charge in [-0.15, -0.1) is 0 Å². The molecule has 37 heavy (non-hydrogen) atoms. The first-order chi connectivity index (χ1) is 17.5. The van der Waals surface area contributed by atoms with E-state index in [4.69, 9.17) is 4.98 Å². The van der Waals surface area contributed by atoms with E-state index >= 15 is 0 Å². The van der Waals surface area contributed by atoms with Gasteiger partial charge in [0.2, 0.25) is 0 Å². The highest BCUT2D eigenvalue weighted by molar-refractivity contribution is 6.05. The second kappa shape index (κ2) is 9.39. The number of aromatic nitrogens is 1. The minimum Gasteiger partial charge on any atom is -0.366 e. The van der Waals surface area contributed by atoms with E-state index in [1.807, 2.05) is 24.3 Å². The summed E-state index contributed by atoms with van der Waals surface area (Å²) in [5, 5.41) is 3.20. The zero-order valence-corrected chi connectivity index (χ0v) is 21.4. The minimum absolute atomic E-state index is 0.0644. The second-order valence-corrected chi connectivity index (χ2v) is 10.4. The molecule has 0 saturated carbocycles. The molecule has 2 aliphatic heterocycles. The summed E-state index contributed by atoms with van der Waals surface area (Å²) in [7, 11) is 0. The molecule has 0 spiro atoms. The number of carbonyl (C=O) groups is 1. The van der Waals surface area contributed by atoms with Crippen LogP contribution in [-0.4, -0.2) is 30.1 Å². The monoisotopic (exact) mass is 508 g/mol. The Morgan fingerprint density at radius 3 is 2.32 bits per heavy atom. The summed E-state index contributed by atoms with van der Waals surface area (Å²) in [6.45, 7) is 9.90. The number of para-hydroxylation sites is 1.